The molecular weight excluding hydrogens is 328 g/mol. The fourth-order valence-electron chi connectivity index (χ4n) is 3.50. The molecule has 2 aromatic carbocycles. The fraction of sp³-hybridized carbons (Fsp3) is 0.0500. The van der Waals surface area contributed by atoms with Crippen molar-refractivity contribution in [3.63, 3.8) is 0 Å². The molecule has 0 unspecified atom stereocenters. The first-order valence-corrected chi connectivity index (χ1v) is 8.19. The molecule has 6 heteroatoms. The Kier molecular flexibility index (Phi) is 3.05. The molecule has 1 aliphatic heterocycles. The second kappa shape index (κ2) is 5.42. The summed E-state index contributed by atoms with van der Waals surface area (Å²) in [6.07, 6.45) is 4.20. The SMILES string of the molecule is O=[N+]([O-])c1ccc(C2=Nc3c(c4cccnc4c4ncccc34)C2)cc1. The molecule has 124 valence electrons. The summed E-state index contributed by atoms with van der Waals surface area (Å²) < 4.78 is 0. The maximum atomic E-state index is 10.9. The van der Waals surface area contributed by atoms with E-state index in [0.717, 1.165) is 44.3 Å². The van der Waals surface area contributed by atoms with Crippen molar-refractivity contribution in [3.8, 4) is 0 Å². The van der Waals surface area contributed by atoms with Crippen LogP contribution in [0.5, 0.6) is 0 Å². The van der Waals surface area contributed by atoms with Crippen LogP contribution < -0.4 is 0 Å². The summed E-state index contributed by atoms with van der Waals surface area (Å²) in [5, 5.41) is 12.9. The molecule has 5 rings (SSSR count). The van der Waals surface area contributed by atoms with Crippen molar-refractivity contribution >= 4 is 38.9 Å². The summed E-state index contributed by atoms with van der Waals surface area (Å²) in [6.45, 7) is 0. The van der Waals surface area contributed by atoms with E-state index in [4.69, 9.17) is 4.99 Å². The topological polar surface area (TPSA) is 81.3 Å². The molecule has 0 spiro atoms. The van der Waals surface area contributed by atoms with Gasteiger partial charge >= 0.3 is 0 Å². The molecular formula is C20H12N4O2. The highest BCUT2D eigenvalue weighted by Crippen LogP contribution is 2.41. The van der Waals surface area contributed by atoms with E-state index in [-0.39, 0.29) is 5.69 Å². The number of aromatic nitrogens is 2. The van der Waals surface area contributed by atoms with E-state index < -0.39 is 4.92 Å². The third kappa shape index (κ3) is 2.09. The Labute approximate surface area is 148 Å². The maximum absolute atomic E-state index is 10.9. The van der Waals surface area contributed by atoms with Crippen LogP contribution in [0, 0.1) is 10.1 Å². The van der Waals surface area contributed by atoms with Crippen LogP contribution in [-0.4, -0.2) is 20.6 Å². The van der Waals surface area contributed by atoms with Gasteiger partial charge in [0, 0.05) is 41.7 Å². The molecule has 0 aliphatic carbocycles. The molecule has 0 atom stereocenters. The number of nitro groups is 1. The minimum atomic E-state index is -0.395. The van der Waals surface area contributed by atoms with Gasteiger partial charge in [0.1, 0.15) is 0 Å². The molecule has 0 N–H and O–H groups in total. The van der Waals surface area contributed by atoms with Gasteiger partial charge in [0.25, 0.3) is 5.69 Å². The molecule has 0 saturated heterocycles. The van der Waals surface area contributed by atoms with Gasteiger partial charge in [-0.25, -0.2) is 0 Å². The summed E-state index contributed by atoms with van der Waals surface area (Å²) in [6, 6.07) is 14.4. The fourth-order valence-corrected chi connectivity index (χ4v) is 3.50. The predicted molar refractivity (Wildman–Crippen MR) is 100 cm³/mol. The van der Waals surface area contributed by atoms with E-state index in [0.29, 0.717) is 6.42 Å². The molecule has 1 aliphatic rings. The van der Waals surface area contributed by atoms with Gasteiger partial charge in [-0.15, -0.1) is 0 Å². The van der Waals surface area contributed by atoms with Gasteiger partial charge in [0.15, 0.2) is 0 Å². The lowest BCUT2D eigenvalue weighted by molar-refractivity contribution is -0.384. The number of nitro benzene ring substituents is 1. The molecule has 4 aromatic rings. The standard InChI is InChI=1S/C20H12N4O2/c25-24(26)13-7-5-12(6-8-13)17-11-16-14-3-1-9-21-19(14)20-15(18(16)23-17)4-2-10-22-20/h1-10H,11H2. The zero-order chi connectivity index (χ0) is 17.7. The average molecular weight is 340 g/mol. The maximum Gasteiger partial charge on any atom is 0.269 e. The zero-order valence-corrected chi connectivity index (χ0v) is 13.6. The molecule has 0 bridgehead atoms. The molecule has 0 radical (unpaired) electrons. The van der Waals surface area contributed by atoms with Crippen molar-refractivity contribution in [1.82, 2.24) is 9.97 Å². The Balaban J connectivity index is 1.72. The molecule has 2 aromatic heterocycles. The number of aliphatic imine (C=N–C) groups is 1. The van der Waals surface area contributed by atoms with Gasteiger partial charge in [-0.05, 0) is 41.5 Å². The summed E-state index contributed by atoms with van der Waals surface area (Å²) >= 11 is 0. The second-order valence-electron chi connectivity index (χ2n) is 6.17. The average Bonchev–Trinajstić information content (AvgIpc) is 3.14. The Morgan fingerprint density at radius 3 is 2.23 bits per heavy atom. The quantitative estimate of drug-likeness (QED) is 0.308. The van der Waals surface area contributed by atoms with Crippen LogP contribution >= 0.6 is 0 Å². The van der Waals surface area contributed by atoms with E-state index in [1.54, 1.807) is 24.5 Å². The van der Waals surface area contributed by atoms with Gasteiger partial charge in [-0.3, -0.25) is 25.1 Å². The van der Waals surface area contributed by atoms with Crippen LogP contribution in [0.2, 0.25) is 0 Å². The minimum Gasteiger partial charge on any atom is -0.258 e. The van der Waals surface area contributed by atoms with Crippen molar-refractivity contribution < 1.29 is 4.92 Å². The summed E-state index contributed by atoms with van der Waals surface area (Å²) in [4.78, 5) is 24.4. The second-order valence-corrected chi connectivity index (χ2v) is 6.17. The molecule has 6 nitrogen and oxygen atoms in total. The Hall–Kier alpha value is -3.67. The largest absolute Gasteiger partial charge is 0.269 e. The molecule has 3 heterocycles. The van der Waals surface area contributed by atoms with Gasteiger partial charge < -0.3 is 0 Å². The summed E-state index contributed by atoms with van der Waals surface area (Å²) in [5.74, 6) is 0. The van der Waals surface area contributed by atoms with Gasteiger partial charge in [0.2, 0.25) is 0 Å². The molecule has 0 fully saturated rings. The molecule has 26 heavy (non-hydrogen) atoms. The van der Waals surface area contributed by atoms with E-state index >= 15 is 0 Å². The van der Waals surface area contributed by atoms with Crippen molar-refractivity contribution in [3.05, 3.63) is 82.2 Å². The highest BCUT2D eigenvalue weighted by Gasteiger charge is 2.23. The zero-order valence-electron chi connectivity index (χ0n) is 13.6. The molecule has 0 saturated carbocycles. The third-order valence-electron chi connectivity index (χ3n) is 4.71. The first-order chi connectivity index (χ1) is 12.7. The van der Waals surface area contributed by atoms with Crippen LogP contribution in [0.4, 0.5) is 11.4 Å². The lowest BCUT2D eigenvalue weighted by atomic mass is 9.98. The van der Waals surface area contributed by atoms with E-state index in [1.807, 2.05) is 24.3 Å². The Morgan fingerprint density at radius 2 is 1.54 bits per heavy atom. The number of pyridine rings is 2. The lowest BCUT2D eigenvalue weighted by Gasteiger charge is -2.08. The van der Waals surface area contributed by atoms with Crippen molar-refractivity contribution in [2.24, 2.45) is 4.99 Å². The highest BCUT2D eigenvalue weighted by molar-refractivity contribution is 6.18. The number of non-ortho nitro benzene ring substituents is 1. The third-order valence-corrected chi connectivity index (χ3v) is 4.71. The molecule has 0 amide bonds. The first-order valence-electron chi connectivity index (χ1n) is 8.19. The predicted octanol–water partition coefficient (Wildman–Crippen LogP) is 4.37. The van der Waals surface area contributed by atoms with Crippen molar-refractivity contribution in [2.75, 3.05) is 0 Å². The van der Waals surface area contributed by atoms with Gasteiger partial charge in [-0.1, -0.05) is 6.07 Å². The number of fused-ring (bicyclic) bond motifs is 6. The normalized spacial score (nSPS) is 13.0. The minimum absolute atomic E-state index is 0.0779. The van der Waals surface area contributed by atoms with E-state index in [2.05, 4.69) is 9.97 Å². The first kappa shape index (κ1) is 14.7. The Morgan fingerprint density at radius 1 is 0.885 bits per heavy atom. The van der Waals surface area contributed by atoms with Crippen LogP contribution in [0.25, 0.3) is 21.8 Å². The van der Waals surface area contributed by atoms with Crippen LogP contribution in [-0.2, 0) is 6.42 Å². The van der Waals surface area contributed by atoms with E-state index in [1.165, 1.54) is 12.1 Å². The summed E-state index contributed by atoms with van der Waals surface area (Å²) in [5.41, 5.74) is 5.63. The summed E-state index contributed by atoms with van der Waals surface area (Å²) in [7, 11) is 0. The van der Waals surface area contributed by atoms with Gasteiger partial charge in [-0.2, -0.15) is 0 Å². The highest BCUT2D eigenvalue weighted by atomic mass is 16.6. The van der Waals surface area contributed by atoms with Crippen LogP contribution in [0.15, 0.2) is 65.9 Å². The van der Waals surface area contributed by atoms with Crippen LogP contribution in [0.1, 0.15) is 11.1 Å². The van der Waals surface area contributed by atoms with Gasteiger partial charge in [0.05, 0.1) is 27.4 Å². The van der Waals surface area contributed by atoms with Crippen molar-refractivity contribution in [2.45, 2.75) is 6.42 Å². The van der Waals surface area contributed by atoms with E-state index in [9.17, 15) is 10.1 Å². The van der Waals surface area contributed by atoms with Crippen LogP contribution in [0.3, 0.4) is 0 Å². The van der Waals surface area contributed by atoms with Crippen molar-refractivity contribution in [1.29, 1.82) is 0 Å². The number of rotatable bonds is 2. The lowest BCUT2D eigenvalue weighted by Crippen LogP contribution is -2.01. The number of nitrogens with zero attached hydrogens (tertiary/aromatic N) is 4. The Bertz CT molecular complexity index is 1230. The smallest absolute Gasteiger partial charge is 0.258 e. The number of benzene rings is 2. The monoisotopic (exact) mass is 340 g/mol. The number of hydrogen-bond acceptors (Lipinski definition) is 5. The number of hydrogen-bond donors (Lipinski definition) is 0.